The molecule has 0 aliphatic rings. The predicted octanol–water partition coefficient (Wildman–Crippen LogP) is 2.15. The quantitative estimate of drug-likeness (QED) is 0.720. The van der Waals surface area contributed by atoms with Gasteiger partial charge in [0, 0.05) is 11.6 Å². The van der Waals surface area contributed by atoms with Gasteiger partial charge in [0.1, 0.15) is 0 Å². The van der Waals surface area contributed by atoms with E-state index in [4.69, 9.17) is 10.00 Å². The Hall–Kier alpha value is -2.28. The molecule has 0 amide bonds. The Morgan fingerprint density at radius 2 is 2.31 bits per heavy atom. The highest BCUT2D eigenvalue weighted by Crippen LogP contribution is 2.17. The van der Waals surface area contributed by atoms with E-state index in [1.807, 2.05) is 6.19 Å². The van der Waals surface area contributed by atoms with Crippen molar-refractivity contribution in [3.63, 3.8) is 0 Å². The van der Waals surface area contributed by atoms with Gasteiger partial charge in [0.2, 0.25) is 0 Å². The summed E-state index contributed by atoms with van der Waals surface area (Å²) >= 11 is 0. The van der Waals surface area contributed by atoms with Gasteiger partial charge in [0.05, 0.1) is 17.7 Å². The maximum atomic E-state index is 11.5. The molecule has 0 unspecified atom stereocenters. The van der Waals surface area contributed by atoms with E-state index in [9.17, 15) is 4.79 Å². The fraction of sp³-hybridized carbons (Fsp3) is 0.167. The van der Waals surface area contributed by atoms with Crippen LogP contribution in [0.2, 0.25) is 0 Å². The third-order valence-electron chi connectivity index (χ3n) is 2.31. The summed E-state index contributed by atoms with van der Waals surface area (Å²) in [5.74, 6) is -0.339. The highest BCUT2D eigenvalue weighted by molar-refractivity contribution is 5.94. The molecule has 0 N–H and O–H groups in total. The van der Waals surface area contributed by atoms with Gasteiger partial charge >= 0.3 is 5.97 Å². The summed E-state index contributed by atoms with van der Waals surface area (Å²) in [5.41, 5.74) is 1.29. The van der Waals surface area contributed by atoms with Crippen molar-refractivity contribution in [1.29, 1.82) is 5.26 Å². The zero-order chi connectivity index (χ0) is 11.5. The van der Waals surface area contributed by atoms with E-state index in [-0.39, 0.29) is 5.97 Å². The monoisotopic (exact) mass is 214 g/mol. The Balaban J connectivity index is 2.46. The first-order chi connectivity index (χ1) is 7.76. The number of rotatable bonds is 2. The number of carbonyl (C=O) groups is 1. The molecular weight excluding hydrogens is 204 g/mol. The van der Waals surface area contributed by atoms with Crippen LogP contribution in [-0.2, 0) is 4.74 Å². The summed E-state index contributed by atoms with van der Waals surface area (Å²) < 4.78 is 6.35. The third-order valence-corrected chi connectivity index (χ3v) is 2.31. The smallest absolute Gasteiger partial charge is 0.338 e. The number of nitrogens with zero attached hydrogens (tertiary/aromatic N) is 2. The molecule has 1 aromatic carbocycles. The fourth-order valence-corrected chi connectivity index (χ4v) is 1.57. The topological polar surface area (TPSA) is 55.0 Å². The van der Waals surface area contributed by atoms with Gasteiger partial charge < -0.3 is 4.74 Å². The van der Waals surface area contributed by atoms with Gasteiger partial charge in [-0.05, 0) is 31.2 Å². The standard InChI is InChI=1S/C12H10N2O2/c1-2-16-12(15)10-3-4-11-9(7-10)5-6-14(11)8-13/h3-7H,2H2,1H3. The lowest BCUT2D eigenvalue weighted by Gasteiger charge is -2.01. The number of nitriles is 1. The second-order valence-corrected chi connectivity index (χ2v) is 3.28. The molecule has 0 radical (unpaired) electrons. The first-order valence-electron chi connectivity index (χ1n) is 4.94. The molecule has 4 nitrogen and oxygen atoms in total. The summed E-state index contributed by atoms with van der Waals surface area (Å²) in [4.78, 5) is 11.5. The van der Waals surface area contributed by atoms with E-state index in [2.05, 4.69) is 0 Å². The van der Waals surface area contributed by atoms with Crippen molar-refractivity contribution in [3.8, 4) is 6.19 Å². The van der Waals surface area contributed by atoms with Gasteiger partial charge in [-0.2, -0.15) is 5.26 Å². The zero-order valence-electron chi connectivity index (χ0n) is 8.80. The molecule has 0 saturated carbocycles. The molecule has 0 spiro atoms. The molecule has 80 valence electrons. The van der Waals surface area contributed by atoms with Crippen LogP contribution in [0.5, 0.6) is 0 Å². The molecule has 0 atom stereocenters. The third kappa shape index (κ3) is 1.63. The van der Waals surface area contributed by atoms with Gasteiger partial charge in [-0.15, -0.1) is 0 Å². The number of carbonyl (C=O) groups excluding carboxylic acids is 1. The SMILES string of the molecule is CCOC(=O)c1ccc2c(ccn2C#N)c1. The van der Waals surface area contributed by atoms with Crippen LogP contribution in [0.3, 0.4) is 0 Å². The van der Waals surface area contributed by atoms with Crippen LogP contribution >= 0.6 is 0 Å². The average molecular weight is 214 g/mol. The van der Waals surface area contributed by atoms with E-state index in [1.165, 1.54) is 4.57 Å². The number of esters is 1. The summed E-state index contributed by atoms with van der Waals surface area (Å²) in [6, 6.07) is 6.92. The Morgan fingerprint density at radius 1 is 1.50 bits per heavy atom. The van der Waals surface area contributed by atoms with E-state index in [0.717, 1.165) is 10.9 Å². The molecule has 4 heteroatoms. The second-order valence-electron chi connectivity index (χ2n) is 3.28. The van der Waals surface area contributed by atoms with Crippen molar-refractivity contribution >= 4 is 16.9 Å². The lowest BCUT2D eigenvalue weighted by atomic mass is 10.1. The average Bonchev–Trinajstić information content (AvgIpc) is 2.71. The van der Waals surface area contributed by atoms with Crippen LogP contribution in [0.25, 0.3) is 10.9 Å². The summed E-state index contributed by atoms with van der Waals surface area (Å²) in [7, 11) is 0. The second kappa shape index (κ2) is 4.07. The van der Waals surface area contributed by atoms with Crippen molar-refractivity contribution in [3.05, 3.63) is 36.0 Å². The molecule has 2 rings (SSSR count). The molecule has 0 bridgehead atoms. The molecular formula is C12H10N2O2. The van der Waals surface area contributed by atoms with Crippen molar-refractivity contribution in [2.24, 2.45) is 0 Å². The lowest BCUT2D eigenvalue weighted by Crippen LogP contribution is -2.04. The molecule has 0 aliphatic heterocycles. The number of benzene rings is 1. The van der Waals surface area contributed by atoms with Crippen LogP contribution in [-0.4, -0.2) is 17.1 Å². The largest absolute Gasteiger partial charge is 0.462 e. The molecule has 0 aliphatic carbocycles. The first-order valence-corrected chi connectivity index (χ1v) is 4.94. The van der Waals surface area contributed by atoms with Gasteiger partial charge in [-0.3, -0.25) is 4.57 Å². The van der Waals surface area contributed by atoms with Crippen LogP contribution in [0.4, 0.5) is 0 Å². The van der Waals surface area contributed by atoms with Crippen LogP contribution < -0.4 is 0 Å². The number of hydrogen-bond acceptors (Lipinski definition) is 3. The van der Waals surface area contributed by atoms with E-state index in [1.54, 1.807) is 37.4 Å². The number of fused-ring (bicyclic) bond motifs is 1. The molecule has 0 fully saturated rings. The van der Waals surface area contributed by atoms with Crippen molar-refractivity contribution in [1.82, 2.24) is 4.57 Å². The summed E-state index contributed by atoms with van der Waals surface area (Å²) in [6.45, 7) is 2.12. The van der Waals surface area contributed by atoms with Gasteiger partial charge in [0.15, 0.2) is 6.19 Å². The van der Waals surface area contributed by atoms with Crippen molar-refractivity contribution in [2.75, 3.05) is 6.61 Å². The maximum absolute atomic E-state index is 11.5. The molecule has 1 aromatic heterocycles. The van der Waals surface area contributed by atoms with E-state index in [0.29, 0.717) is 12.2 Å². The minimum absolute atomic E-state index is 0.339. The Morgan fingerprint density at radius 3 is 3.00 bits per heavy atom. The number of hydrogen-bond donors (Lipinski definition) is 0. The fourth-order valence-electron chi connectivity index (χ4n) is 1.57. The van der Waals surface area contributed by atoms with Gasteiger partial charge in [0.25, 0.3) is 0 Å². The molecule has 2 aromatic rings. The minimum Gasteiger partial charge on any atom is -0.462 e. The lowest BCUT2D eigenvalue weighted by molar-refractivity contribution is 0.0526. The summed E-state index contributed by atoms with van der Waals surface area (Å²) in [5, 5.41) is 9.66. The maximum Gasteiger partial charge on any atom is 0.338 e. The minimum atomic E-state index is -0.339. The Kier molecular flexibility index (Phi) is 2.61. The highest BCUT2D eigenvalue weighted by Gasteiger charge is 2.08. The zero-order valence-corrected chi connectivity index (χ0v) is 8.80. The predicted molar refractivity (Wildman–Crippen MR) is 58.9 cm³/mol. The molecule has 1 heterocycles. The van der Waals surface area contributed by atoms with E-state index >= 15 is 0 Å². The molecule has 16 heavy (non-hydrogen) atoms. The Labute approximate surface area is 92.7 Å². The van der Waals surface area contributed by atoms with Crippen LogP contribution in [0.15, 0.2) is 30.5 Å². The molecule has 0 saturated heterocycles. The van der Waals surface area contributed by atoms with Crippen molar-refractivity contribution < 1.29 is 9.53 Å². The van der Waals surface area contributed by atoms with Crippen LogP contribution in [0.1, 0.15) is 17.3 Å². The van der Waals surface area contributed by atoms with Crippen LogP contribution in [0, 0.1) is 11.5 Å². The van der Waals surface area contributed by atoms with Gasteiger partial charge in [-0.1, -0.05) is 0 Å². The number of ether oxygens (including phenoxy) is 1. The number of aromatic nitrogens is 1. The Bertz CT molecular complexity index is 578. The van der Waals surface area contributed by atoms with E-state index < -0.39 is 0 Å². The highest BCUT2D eigenvalue weighted by atomic mass is 16.5. The first kappa shape index (κ1) is 10.2. The van der Waals surface area contributed by atoms with Gasteiger partial charge in [-0.25, -0.2) is 4.79 Å². The normalized spacial score (nSPS) is 10.0. The van der Waals surface area contributed by atoms with Crippen molar-refractivity contribution in [2.45, 2.75) is 6.92 Å². The summed E-state index contributed by atoms with van der Waals surface area (Å²) in [6.07, 6.45) is 3.69.